The SMILES string of the molecule is CCCCCC(=O)O[C@]1(C(C)=O)CC[C@H]2[C@H]3CCC4=CC(=O)CC[C@]4(C)[C@@H]3CC[C@@]21C. The predicted octanol–water partition coefficient (Wildman–Crippen LogP) is 5.97. The van der Waals surface area contributed by atoms with Gasteiger partial charge in [-0.2, -0.15) is 0 Å². The summed E-state index contributed by atoms with van der Waals surface area (Å²) in [5, 5.41) is 0. The van der Waals surface area contributed by atoms with E-state index in [0.29, 0.717) is 37.0 Å². The van der Waals surface area contributed by atoms with E-state index in [0.717, 1.165) is 57.8 Å². The number of hydrogen-bond acceptors (Lipinski definition) is 4. The number of rotatable bonds is 6. The third-order valence-corrected chi connectivity index (χ3v) is 9.92. The van der Waals surface area contributed by atoms with Gasteiger partial charge in [-0.1, -0.05) is 39.2 Å². The highest BCUT2D eigenvalue weighted by molar-refractivity contribution is 5.91. The summed E-state index contributed by atoms with van der Waals surface area (Å²) in [6.45, 7) is 8.37. The monoisotopic (exact) mass is 428 g/mol. The van der Waals surface area contributed by atoms with E-state index in [1.807, 2.05) is 6.08 Å². The molecule has 4 aliphatic rings. The van der Waals surface area contributed by atoms with Crippen molar-refractivity contribution in [2.45, 2.75) is 110 Å². The van der Waals surface area contributed by atoms with Crippen molar-refractivity contribution in [3.8, 4) is 0 Å². The molecule has 0 spiro atoms. The molecule has 3 fully saturated rings. The Bertz CT molecular complexity index is 797. The van der Waals surface area contributed by atoms with Crippen LogP contribution in [0.15, 0.2) is 11.6 Å². The average Bonchev–Trinajstić information content (AvgIpc) is 3.02. The van der Waals surface area contributed by atoms with Crippen molar-refractivity contribution >= 4 is 17.5 Å². The van der Waals surface area contributed by atoms with Crippen molar-refractivity contribution in [2.75, 3.05) is 0 Å². The topological polar surface area (TPSA) is 60.4 Å². The fourth-order valence-corrected chi connectivity index (χ4v) is 8.14. The van der Waals surface area contributed by atoms with Crippen LogP contribution >= 0.6 is 0 Å². The molecular weight excluding hydrogens is 388 g/mol. The molecule has 0 aliphatic heterocycles. The lowest BCUT2D eigenvalue weighted by Crippen LogP contribution is -2.58. The van der Waals surface area contributed by atoms with Crippen molar-refractivity contribution < 1.29 is 19.1 Å². The molecule has 0 heterocycles. The average molecular weight is 429 g/mol. The Morgan fingerprint density at radius 1 is 1.03 bits per heavy atom. The molecule has 31 heavy (non-hydrogen) atoms. The molecule has 4 nitrogen and oxygen atoms in total. The van der Waals surface area contributed by atoms with Crippen molar-refractivity contribution in [3.63, 3.8) is 0 Å². The Kier molecular flexibility index (Phi) is 5.98. The molecule has 0 saturated heterocycles. The van der Waals surface area contributed by atoms with Gasteiger partial charge in [0.2, 0.25) is 0 Å². The minimum atomic E-state index is -0.953. The molecule has 4 heteroatoms. The fraction of sp³-hybridized carbons (Fsp3) is 0.815. The van der Waals surface area contributed by atoms with Gasteiger partial charge >= 0.3 is 5.97 Å². The van der Waals surface area contributed by atoms with E-state index in [1.165, 1.54) is 5.57 Å². The van der Waals surface area contributed by atoms with Crippen LogP contribution in [0.25, 0.3) is 0 Å². The van der Waals surface area contributed by atoms with E-state index in [-0.39, 0.29) is 28.4 Å². The number of ether oxygens (including phenoxy) is 1. The summed E-state index contributed by atoms with van der Waals surface area (Å²) in [6, 6.07) is 0. The molecule has 0 aromatic carbocycles. The van der Waals surface area contributed by atoms with Crippen LogP contribution in [0.2, 0.25) is 0 Å². The predicted molar refractivity (Wildman–Crippen MR) is 120 cm³/mol. The van der Waals surface area contributed by atoms with Crippen LogP contribution in [0.4, 0.5) is 0 Å². The molecule has 4 aliphatic carbocycles. The molecule has 4 rings (SSSR count). The fourth-order valence-electron chi connectivity index (χ4n) is 8.14. The number of carbonyl (C=O) groups is 3. The standard InChI is InChI=1S/C27H40O4/c1-5-6-7-8-24(30)31-27(18(2)28)16-13-23-21-10-9-19-17-20(29)11-14-25(19,3)22(21)12-15-26(23,27)4/h17,21-23H,5-16H2,1-4H3/t21-,22+,23-,25-,26-,27-/m0/s1. The van der Waals surface area contributed by atoms with Gasteiger partial charge in [0.25, 0.3) is 0 Å². The van der Waals surface area contributed by atoms with E-state index in [2.05, 4.69) is 20.8 Å². The van der Waals surface area contributed by atoms with Gasteiger partial charge in [0.05, 0.1) is 0 Å². The van der Waals surface area contributed by atoms with Crippen molar-refractivity contribution in [3.05, 3.63) is 11.6 Å². The molecule has 0 aromatic heterocycles. The van der Waals surface area contributed by atoms with Crippen LogP contribution in [-0.4, -0.2) is 23.1 Å². The Balaban J connectivity index is 1.59. The van der Waals surface area contributed by atoms with Gasteiger partial charge in [-0.25, -0.2) is 0 Å². The molecule has 6 atom stereocenters. The highest BCUT2D eigenvalue weighted by atomic mass is 16.6. The third kappa shape index (κ3) is 3.43. The molecule has 0 unspecified atom stereocenters. The summed E-state index contributed by atoms with van der Waals surface area (Å²) in [5.41, 5.74) is 0.261. The van der Waals surface area contributed by atoms with Gasteiger partial charge in [-0.05, 0) is 87.5 Å². The maximum atomic E-state index is 13.1. The summed E-state index contributed by atoms with van der Waals surface area (Å²) in [6.07, 6.45) is 12.6. The van der Waals surface area contributed by atoms with E-state index >= 15 is 0 Å². The first kappa shape index (κ1) is 22.7. The zero-order valence-corrected chi connectivity index (χ0v) is 19.9. The highest BCUT2D eigenvalue weighted by Gasteiger charge is 2.67. The second-order valence-electron chi connectivity index (χ2n) is 11.3. The smallest absolute Gasteiger partial charge is 0.306 e. The molecule has 0 aromatic rings. The van der Waals surface area contributed by atoms with Crippen LogP contribution in [0, 0.1) is 28.6 Å². The summed E-state index contributed by atoms with van der Waals surface area (Å²) >= 11 is 0. The minimum Gasteiger partial charge on any atom is -0.450 e. The normalized spacial score (nSPS) is 41.6. The first-order valence-electron chi connectivity index (χ1n) is 12.6. The van der Waals surface area contributed by atoms with Gasteiger partial charge in [-0.15, -0.1) is 0 Å². The molecule has 3 saturated carbocycles. The van der Waals surface area contributed by atoms with Crippen LogP contribution in [0.5, 0.6) is 0 Å². The Morgan fingerprint density at radius 3 is 2.48 bits per heavy atom. The first-order chi connectivity index (χ1) is 14.7. The van der Waals surface area contributed by atoms with Crippen LogP contribution in [0.1, 0.15) is 105 Å². The van der Waals surface area contributed by atoms with Gasteiger partial charge in [-0.3, -0.25) is 14.4 Å². The number of unbranched alkanes of at least 4 members (excludes halogenated alkanes) is 2. The number of hydrogen-bond donors (Lipinski definition) is 0. The second-order valence-corrected chi connectivity index (χ2v) is 11.3. The zero-order valence-electron chi connectivity index (χ0n) is 19.9. The number of fused-ring (bicyclic) bond motifs is 5. The minimum absolute atomic E-state index is 0.0330. The second kappa shape index (κ2) is 8.15. The molecular formula is C27H40O4. The van der Waals surface area contributed by atoms with E-state index in [1.54, 1.807) is 6.92 Å². The number of esters is 1. The van der Waals surface area contributed by atoms with Crippen LogP contribution < -0.4 is 0 Å². The lowest BCUT2D eigenvalue weighted by Gasteiger charge is -2.59. The van der Waals surface area contributed by atoms with Gasteiger partial charge in [0.1, 0.15) is 0 Å². The lowest BCUT2D eigenvalue weighted by molar-refractivity contribution is -0.189. The maximum absolute atomic E-state index is 13.1. The molecule has 172 valence electrons. The Hall–Kier alpha value is -1.45. The van der Waals surface area contributed by atoms with Crippen LogP contribution in [0.3, 0.4) is 0 Å². The molecule has 0 radical (unpaired) electrons. The van der Waals surface area contributed by atoms with Crippen LogP contribution in [-0.2, 0) is 19.1 Å². The molecule has 0 bridgehead atoms. The largest absolute Gasteiger partial charge is 0.450 e. The number of ketones is 2. The first-order valence-corrected chi connectivity index (χ1v) is 12.6. The quantitative estimate of drug-likeness (QED) is 0.386. The molecule has 0 amide bonds. The summed E-state index contributed by atoms with van der Waals surface area (Å²) in [5.74, 6) is 1.66. The summed E-state index contributed by atoms with van der Waals surface area (Å²) in [4.78, 5) is 37.8. The lowest BCUT2D eigenvalue weighted by atomic mass is 9.46. The van der Waals surface area contributed by atoms with E-state index in [4.69, 9.17) is 4.74 Å². The van der Waals surface area contributed by atoms with Crippen molar-refractivity contribution in [1.82, 2.24) is 0 Å². The van der Waals surface area contributed by atoms with Crippen molar-refractivity contribution in [2.24, 2.45) is 28.6 Å². The number of allylic oxidation sites excluding steroid dienone is 1. The highest BCUT2D eigenvalue weighted by Crippen LogP contribution is 2.68. The Morgan fingerprint density at radius 2 is 1.77 bits per heavy atom. The number of Topliss-reactive ketones (excluding diaryl/α,β-unsaturated/α-hetero) is 1. The maximum Gasteiger partial charge on any atom is 0.306 e. The van der Waals surface area contributed by atoms with Gasteiger partial charge in [0, 0.05) is 18.3 Å². The third-order valence-electron chi connectivity index (χ3n) is 9.92. The van der Waals surface area contributed by atoms with Crippen molar-refractivity contribution in [1.29, 1.82) is 0 Å². The van der Waals surface area contributed by atoms with E-state index in [9.17, 15) is 14.4 Å². The van der Waals surface area contributed by atoms with Gasteiger partial charge < -0.3 is 4.74 Å². The number of carbonyl (C=O) groups excluding carboxylic acids is 3. The summed E-state index contributed by atoms with van der Waals surface area (Å²) in [7, 11) is 0. The Labute approximate surface area is 187 Å². The summed E-state index contributed by atoms with van der Waals surface area (Å²) < 4.78 is 6.16. The van der Waals surface area contributed by atoms with E-state index < -0.39 is 5.60 Å². The zero-order chi connectivity index (χ0) is 22.4. The van der Waals surface area contributed by atoms with Gasteiger partial charge in [0.15, 0.2) is 17.2 Å². The molecule has 0 N–H and O–H groups in total.